The molecule has 0 bridgehead atoms. The first-order valence-corrected chi connectivity index (χ1v) is 11.0. The van der Waals surface area contributed by atoms with E-state index in [0.29, 0.717) is 41.7 Å². The van der Waals surface area contributed by atoms with Crippen molar-refractivity contribution in [2.75, 3.05) is 29.5 Å². The number of benzene rings is 2. The summed E-state index contributed by atoms with van der Waals surface area (Å²) in [6.45, 7) is 5.18. The minimum Gasteiger partial charge on any atom is -0.490 e. The van der Waals surface area contributed by atoms with Crippen LogP contribution in [0.4, 0.5) is 11.4 Å². The molecule has 28 heavy (non-hydrogen) atoms. The summed E-state index contributed by atoms with van der Waals surface area (Å²) in [5.41, 5.74) is 1.38. The molecule has 152 valence electrons. The molecule has 0 radical (unpaired) electrons. The molecule has 0 heterocycles. The van der Waals surface area contributed by atoms with E-state index in [2.05, 4.69) is 10.0 Å². The van der Waals surface area contributed by atoms with Crippen LogP contribution in [-0.2, 0) is 10.0 Å². The quantitative estimate of drug-likeness (QED) is 0.624. The third kappa shape index (κ3) is 6.77. The minimum atomic E-state index is -3.36. The average molecular weight is 407 g/mol. The maximum atomic E-state index is 12.5. The molecule has 2 N–H and O–H groups in total. The number of ether oxygens (including phenoxy) is 2. The third-order valence-electron chi connectivity index (χ3n) is 3.58. The lowest BCUT2D eigenvalue weighted by Gasteiger charge is -2.14. The van der Waals surface area contributed by atoms with Crippen LogP contribution in [0.25, 0.3) is 0 Å². The number of carbonyl (C=O) groups is 1. The topological polar surface area (TPSA) is 93.7 Å². The molecule has 0 fully saturated rings. The summed E-state index contributed by atoms with van der Waals surface area (Å²) >= 11 is 0. The number of hydrogen-bond acceptors (Lipinski definition) is 5. The third-order valence-corrected chi connectivity index (χ3v) is 4.18. The van der Waals surface area contributed by atoms with Gasteiger partial charge in [-0.05, 0) is 49.2 Å². The van der Waals surface area contributed by atoms with E-state index in [1.54, 1.807) is 30.3 Å². The molecule has 8 heteroatoms. The van der Waals surface area contributed by atoms with E-state index < -0.39 is 10.0 Å². The Balaban J connectivity index is 2.11. The van der Waals surface area contributed by atoms with Gasteiger partial charge in [-0.3, -0.25) is 9.52 Å². The molecule has 0 aliphatic carbocycles. The number of carbonyl (C=O) groups excluding carboxylic acids is 1. The summed E-state index contributed by atoms with van der Waals surface area (Å²) in [6, 6.07) is 11.4. The predicted molar refractivity (Wildman–Crippen MR) is 111 cm³/mol. The molecule has 2 aromatic carbocycles. The van der Waals surface area contributed by atoms with E-state index in [1.807, 2.05) is 13.8 Å². The summed E-state index contributed by atoms with van der Waals surface area (Å²) in [7, 11) is -3.36. The van der Waals surface area contributed by atoms with Crippen molar-refractivity contribution in [2.45, 2.75) is 26.7 Å². The highest BCUT2D eigenvalue weighted by atomic mass is 32.2. The van der Waals surface area contributed by atoms with Crippen LogP contribution in [0.1, 0.15) is 37.0 Å². The predicted octanol–water partition coefficient (Wildman–Crippen LogP) is 3.89. The van der Waals surface area contributed by atoms with Crippen molar-refractivity contribution in [2.24, 2.45) is 0 Å². The van der Waals surface area contributed by atoms with Crippen molar-refractivity contribution in [1.82, 2.24) is 0 Å². The normalized spacial score (nSPS) is 11.0. The van der Waals surface area contributed by atoms with E-state index in [9.17, 15) is 13.2 Å². The van der Waals surface area contributed by atoms with Gasteiger partial charge < -0.3 is 14.8 Å². The highest BCUT2D eigenvalue weighted by Crippen LogP contribution is 2.31. The van der Waals surface area contributed by atoms with Crippen molar-refractivity contribution in [1.29, 1.82) is 0 Å². The molecule has 2 rings (SSSR count). The van der Waals surface area contributed by atoms with Crippen LogP contribution in [-0.4, -0.2) is 33.8 Å². The molecule has 1 amide bonds. The number of rotatable bonds is 10. The van der Waals surface area contributed by atoms with Crippen molar-refractivity contribution in [3.8, 4) is 11.5 Å². The van der Waals surface area contributed by atoms with Gasteiger partial charge in [0.15, 0.2) is 11.5 Å². The average Bonchev–Trinajstić information content (AvgIpc) is 2.64. The Morgan fingerprint density at radius 1 is 0.893 bits per heavy atom. The standard InChI is InChI=1S/C20H26N2O5S/c1-4-12-26-18-11-10-17(14-19(18)27-13-5-2)21-20(23)15-6-8-16(9-7-15)22-28(3,24)25/h6-11,14,22H,4-5,12-13H2,1-3H3,(H,21,23). The van der Waals surface area contributed by atoms with Gasteiger partial charge in [0.25, 0.3) is 5.91 Å². The zero-order chi connectivity index (χ0) is 20.6. The van der Waals surface area contributed by atoms with Crippen LogP contribution in [0.2, 0.25) is 0 Å². The van der Waals surface area contributed by atoms with Gasteiger partial charge in [-0.1, -0.05) is 13.8 Å². The lowest BCUT2D eigenvalue weighted by molar-refractivity contribution is 0.102. The molecular weight excluding hydrogens is 380 g/mol. The van der Waals surface area contributed by atoms with Crippen molar-refractivity contribution in [3.05, 3.63) is 48.0 Å². The fourth-order valence-corrected chi connectivity index (χ4v) is 2.91. The largest absolute Gasteiger partial charge is 0.490 e. The monoisotopic (exact) mass is 406 g/mol. The molecule has 0 spiro atoms. The first-order chi connectivity index (χ1) is 13.3. The van der Waals surface area contributed by atoms with Gasteiger partial charge in [-0.25, -0.2) is 8.42 Å². The summed E-state index contributed by atoms with van der Waals surface area (Å²) in [4.78, 5) is 12.5. The Kier molecular flexibility index (Phi) is 7.69. The molecule has 0 saturated heterocycles. The Morgan fingerprint density at radius 3 is 2.04 bits per heavy atom. The lowest BCUT2D eigenvalue weighted by atomic mass is 10.2. The van der Waals surface area contributed by atoms with Crippen LogP contribution >= 0.6 is 0 Å². The second-order valence-electron chi connectivity index (χ2n) is 6.26. The summed E-state index contributed by atoms with van der Waals surface area (Å²) in [5.74, 6) is 0.917. The van der Waals surface area contributed by atoms with Crippen LogP contribution in [0.5, 0.6) is 11.5 Å². The van der Waals surface area contributed by atoms with Gasteiger partial charge in [0.05, 0.1) is 19.5 Å². The molecular formula is C20H26N2O5S. The Labute approximate surface area is 166 Å². The Morgan fingerprint density at radius 2 is 1.46 bits per heavy atom. The molecule has 0 aliphatic heterocycles. The summed E-state index contributed by atoms with van der Waals surface area (Å²) in [5, 5.41) is 2.81. The number of sulfonamides is 1. The van der Waals surface area contributed by atoms with Gasteiger partial charge >= 0.3 is 0 Å². The molecule has 2 aromatic rings. The molecule has 0 aromatic heterocycles. The first-order valence-electron chi connectivity index (χ1n) is 9.11. The fraction of sp³-hybridized carbons (Fsp3) is 0.350. The SMILES string of the molecule is CCCOc1ccc(NC(=O)c2ccc(NS(C)(=O)=O)cc2)cc1OCCC. The second kappa shape index (κ2) is 9.98. The molecule has 0 saturated carbocycles. The fourth-order valence-electron chi connectivity index (χ4n) is 2.35. The zero-order valence-corrected chi connectivity index (χ0v) is 17.1. The molecule has 7 nitrogen and oxygen atoms in total. The van der Waals surface area contributed by atoms with E-state index in [1.165, 1.54) is 12.1 Å². The van der Waals surface area contributed by atoms with E-state index in [-0.39, 0.29) is 5.91 Å². The van der Waals surface area contributed by atoms with Crippen LogP contribution in [0.15, 0.2) is 42.5 Å². The Hall–Kier alpha value is -2.74. The maximum absolute atomic E-state index is 12.5. The van der Waals surface area contributed by atoms with Crippen molar-refractivity contribution in [3.63, 3.8) is 0 Å². The smallest absolute Gasteiger partial charge is 0.255 e. The summed E-state index contributed by atoms with van der Waals surface area (Å²) < 4.78 is 36.3. The minimum absolute atomic E-state index is 0.311. The first kappa shape index (κ1) is 21.6. The van der Waals surface area contributed by atoms with Crippen LogP contribution in [0.3, 0.4) is 0 Å². The highest BCUT2D eigenvalue weighted by molar-refractivity contribution is 7.92. The molecule has 0 aliphatic rings. The van der Waals surface area contributed by atoms with Crippen LogP contribution in [0, 0.1) is 0 Å². The van der Waals surface area contributed by atoms with E-state index in [0.717, 1.165) is 19.1 Å². The molecule has 0 unspecified atom stereocenters. The van der Waals surface area contributed by atoms with Gasteiger partial charge in [0, 0.05) is 23.0 Å². The number of anilines is 2. The van der Waals surface area contributed by atoms with Crippen molar-refractivity contribution < 1.29 is 22.7 Å². The second-order valence-corrected chi connectivity index (χ2v) is 8.01. The van der Waals surface area contributed by atoms with Gasteiger partial charge in [-0.15, -0.1) is 0 Å². The van der Waals surface area contributed by atoms with E-state index >= 15 is 0 Å². The van der Waals surface area contributed by atoms with Gasteiger partial charge in [0.2, 0.25) is 10.0 Å². The van der Waals surface area contributed by atoms with E-state index in [4.69, 9.17) is 9.47 Å². The van der Waals surface area contributed by atoms with Crippen molar-refractivity contribution >= 4 is 27.3 Å². The number of amides is 1. The van der Waals surface area contributed by atoms with Crippen LogP contribution < -0.4 is 19.5 Å². The zero-order valence-electron chi connectivity index (χ0n) is 16.3. The van der Waals surface area contributed by atoms with Gasteiger partial charge in [0.1, 0.15) is 0 Å². The Bertz CT molecular complexity index is 895. The molecule has 0 atom stereocenters. The number of nitrogens with one attached hydrogen (secondary N) is 2. The summed E-state index contributed by atoms with van der Waals surface area (Å²) in [6.07, 6.45) is 2.81. The number of hydrogen-bond donors (Lipinski definition) is 2. The van der Waals surface area contributed by atoms with Gasteiger partial charge in [-0.2, -0.15) is 0 Å². The maximum Gasteiger partial charge on any atom is 0.255 e. The lowest BCUT2D eigenvalue weighted by Crippen LogP contribution is -2.13. The highest BCUT2D eigenvalue weighted by Gasteiger charge is 2.11.